The highest BCUT2D eigenvalue weighted by molar-refractivity contribution is 8.03. The Morgan fingerprint density at radius 2 is 2.12 bits per heavy atom. The summed E-state index contributed by atoms with van der Waals surface area (Å²) in [5.74, 6) is 0. The van der Waals surface area contributed by atoms with E-state index < -0.39 is 18.3 Å². The highest BCUT2D eigenvalue weighted by atomic mass is 32.2. The summed E-state index contributed by atoms with van der Waals surface area (Å²) in [6.45, 7) is 0.677. The van der Waals surface area contributed by atoms with Gasteiger partial charge < -0.3 is 15.0 Å². The van der Waals surface area contributed by atoms with Gasteiger partial charge in [-0.2, -0.15) is 13.2 Å². The van der Waals surface area contributed by atoms with Gasteiger partial charge in [0, 0.05) is 30.1 Å². The van der Waals surface area contributed by atoms with E-state index in [1.54, 1.807) is 0 Å². The minimum absolute atomic E-state index is 0.579. The molecule has 2 aliphatic rings. The van der Waals surface area contributed by atoms with Gasteiger partial charge in [-0.05, 0) is 13.5 Å². The topological polar surface area (TPSA) is 24.5 Å². The van der Waals surface area contributed by atoms with Gasteiger partial charge in [0.15, 0.2) is 5.56 Å². The molecule has 0 aromatic carbocycles. The van der Waals surface area contributed by atoms with Gasteiger partial charge in [0.2, 0.25) is 0 Å². The first-order valence-electron chi connectivity index (χ1n) is 5.46. The predicted octanol–water partition coefficient (Wildman–Crippen LogP) is 2.12. The van der Waals surface area contributed by atoms with E-state index in [0.29, 0.717) is 0 Å². The van der Waals surface area contributed by atoms with Gasteiger partial charge >= 0.3 is 6.18 Å². The number of thioether (sulfide) groups is 1. The smallest absolute Gasteiger partial charge is 0.354 e. The molecule has 2 aliphatic heterocycles. The second-order valence-corrected chi connectivity index (χ2v) is 5.38. The largest absolute Gasteiger partial charge is 0.411 e. The van der Waals surface area contributed by atoms with Crippen molar-refractivity contribution < 1.29 is 17.9 Å². The van der Waals surface area contributed by atoms with Gasteiger partial charge in [0.25, 0.3) is 0 Å². The molecule has 1 N–H and O–H groups in total. The molecule has 0 saturated heterocycles. The zero-order chi connectivity index (χ0) is 12.5. The Balaban J connectivity index is 1.82. The molecule has 0 spiro atoms. The third kappa shape index (κ3) is 3.79. The molecule has 0 aromatic heterocycles. The maximum atomic E-state index is 12.0. The summed E-state index contributed by atoms with van der Waals surface area (Å²) in [6.07, 6.45) is -2.53. The lowest BCUT2D eigenvalue weighted by atomic mass is 10.3. The van der Waals surface area contributed by atoms with Crippen molar-refractivity contribution in [3.05, 3.63) is 10.6 Å². The molecular weight excluding hydrogens is 253 g/mol. The van der Waals surface area contributed by atoms with E-state index in [0.717, 1.165) is 36.5 Å². The van der Waals surface area contributed by atoms with Gasteiger partial charge in [-0.1, -0.05) is 11.8 Å². The highest BCUT2D eigenvalue weighted by Gasteiger charge is 2.32. The van der Waals surface area contributed by atoms with Crippen molar-refractivity contribution >= 4 is 11.8 Å². The van der Waals surface area contributed by atoms with Crippen LogP contribution in [0.4, 0.5) is 13.2 Å². The minimum atomic E-state index is -4.26. The van der Waals surface area contributed by atoms with Crippen LogP contribution in [0.25, 0.3) is 0 Å². The third-order valence-corrected chi connectivity index (χ3v) is 3.94. The van der Waals surface area contributed by atoms with E-state index in [9.17, 15) is 13.2 Å². The van der Waals surface area contributed by atoms with E-state index in [1.807, 2.05) is 7.05 Å². The number of hydrogen-bond acceptors (Lipinski definition) is 4. The zero-order valence-corrected chi connectivity index (χ0v) is 10.3. The first-order valence-corrected chi connectivity index (χ1v) is 6.34. The number of nitrogens with one attached hydrogen (secondary N) is 1. The van der Waals surface area contributed by atoms with Crippen LogP contribution >= 0.6 is 11.8 Å². The maximum absolute atomic E-state index is 12.0. The Labute approximate surface area is 102 Å². The summed E-state index contributed by atoms with van der Waals surface area (Å²) in [5.41, 5.74) is 0.469. The Kier molecular flexibility index (Phi) is 3.89. The molecule has 0 aliphatic carbocycles. The molecular formula is C10H15F3N2OS. The Bertz CT molecular complexity index is 299. The summed E-state index contributed by atoms with van der Waals surface area (Å²) in [7, 11) is 2.05. The van der Waals surface area contributed by atoms with Crippen molar-refractivity contribution in [1.29, 1.82) is 0 Å². The number of alkyl halides is 3. The molecule has 0 aromatic rings. The van der Waals surface area contributed by atoms with Crippen LogP contribution in [0.5, 0.6) is 0 Å². The normalized spacial score (nSPS) is 26.7. The van der Waals surface area contributed by atoms with Crippen LogP contribution in [-0.2, 0) is 4.74 Å². The fraction of sp³-hybridized carbons (Fsp3) is 0.800. The van der Waals surface area contributed by atoms with E-state index in [-0.39, 0.29) is 0 Å². The van der Waals surface area contributed by atoms with Gasteiger partial charge in [-0.3, -0.25) is 0 Å². The number of ether oxygens (including phenoxy) is 1. The Morgan fingerprint density at radius 3 is 2.82 bits per heavy atom. The highest BCUT2D eigenvalue weighted by Crippen LogP contribution is 2.36. The van der Waals surface area contributed by atoms with Crippen LogP contribution < -0.4 is 5.32 Å². The van der Waals surface area contributed by atoms with Gasteiger partial charge in [-0.25, -0.2) is 0 Å². The molecule has 0 amide bonds. The van der Waals surface area contributed by atoms with Crippen molar-refractivity contribution in [3.63, 3.8) is 0 Å². The van der Waals surface area contributed by atoms with Gasteiger partial charge in [0.05, 0.1) is 0 Å². The van der Waals surface area contributed by atoms with Crippen molar-refractivity contribution in [1.82, 2.24) is 10.2 Å². The van der Waals surface area contributed by atoms with E-state index in [1.165, 1.54) is 11.8 Å². The molecule has 0 fully saturated rings. The average molecular weight is 268 g/mol. The first kappa shape index (κ1) is 13.0. The van der Waals surface area contributed by atoms with Crippen LogP contribution in [0.15, 0.2) is 10.6 Å². The fourth-order valence-electron chi connectivity index (χ4n) is 1.83. The van der Waals surface area contributed by atoms with E-state index >= 15 is 0 Å². The van der Waals surface area contributed by atoms with E-state index in [4.69, 9.17) is 4.74 Å². The standard InChI is InChI=1S/C10H15F3N2OS/c1-15-4-2-7-8(3-5-15)17-9(14-7)16-6-10(11,12)13/h9,14H,2-6H2,1H3. The van der Waals surface area contributed by atoms with Crippen molar-refractivity contribution in [2.24, 2.45) is 0 Å². The number of nitrogens with zero attached hydrogens (tertiary/aromatic N) is 1. The van der Waals surface area contributed by atoms with Crippen LogP contribution in [0.1, 0.15) is 12.8 Å². The molecule has 1 atom stereocenters. The molecule has 98 valence electrons. The molecule has 0 bridgehead atoms. The van der Waals surface area contributed by atoms with Crippen LogP contribution in [0.3, 0.4) is 0 Å². The van der Waals surface area contributed by atoms with Crippen LogP contribution in [0.2, 0.25) is 0 Å². The van der Waals surface area contributed by atoms with Crippen LogP contribution in [0, 0.1) is 0 Å². The fourth-order valence-corrected chi connectivity index (χ4v) is 2.93. The molecule has 3 nitrogen and oxygen atoms in total. The summed E-state index contributed by atoms with van der Waals surface area (Å²) in [4.78, 5) is 3.35. The number of hydrogen-bond donors (Lipinski definition) is 1. The lowest BCUT2D eigenvalue weighted by Crippen LogP contribution is -2.30. The summed E-state index contributed by atoms with van der Waals surface area (Å²) in [6, 6.07) is 0. The molecule has 2 heterocycles. The third-order valence-electron chi connectivity index (χ3n) is 2.74. The lowest BCUT2D eigenvalue weighted by Gasteiger charge is -2.17. The first-order chi connectivity index (χ1) is 7.94. The second kappa shape index (κ2) is 5.07. The van der Waals surface area contributed by atoms with Gasteiger partial charge in [0.1, 0.15) is 6.61 Å². The zero-order valence-electron chi connectivity index (χ0n) is 9.51. The quantitative estimate of drug-likeness (QED) is 0.829. The number of halogens is 3. The van der Waals surface area contributed by atoms with Gasteiger partial charge in [-0.15, -0.1) is 0 Å². The molecule has 1 unspecified atom stereocenters. The van der Waals surface area contributed by atoms with E-state index in [2.05, 4.69) is 10.2 Å². The second-order valence-electron chi connectivity index (χ2n) is 4.23. The summed E-state index contributed by atoms with van der Waals surface area (Å²) >= 11 is 1.37. The van der Waals surface area contributed by atoms with Crippen molar-refractivity contribution in [2.75, 3.05) is 26.7 Å². The number of rotatable bonds is 2. The van der Waals surface area contributed by atoms with Crippen molar-refractivity contribution in [2.45, 2.75) is 24.6 Å². The Hall–Kier alpha value is -0.400. The average Bonchev–Trinajstić information content (AvgIpc) is 2.55. The summed E-state index contributed by atoms with van der Waals surface area (Å²) in [5, 5.41) is 3.02. The Morgan fingerprint density at radius 1 is 1.41 bits per heavy atom. The lowest BCUT2D eigenvalue weighted by molar-refractivity contribution is -0.178. The monoisotopic (exact) mass is 268 g/mol. The molecule has 7 heteroatoms. The molecule has 17 heavy (non-hydrogen) atoms. The SMILES string of the molecule is CN1CCC2=C(CC1)SC(OCC(F)(F)F)N2. The van der Waals surface area contributed by atoms with Crippen LogP contribution in [-0.4, -0.2) is 43.4 Å². The molecule has 0 radical (unpaired) electrons. The maximum Gasteiger partial charge on any atom is 0.411 e. The summed E-state index contributed by atoms with van der Waals surface area (Å²) < 4.78 is 40.8. The molecule has 2 rings (SSSR count). The minimum Gasteiger partial charge on any atom is -0.354 e. The molecule has 0 saturated carbocycles. The van der Waals surface area contributed by atoms with Crippen molar-refractivity contribution in [3.8, 4) is 0 Å². The predicted molar refractivity (Wildman–Crippen MR) is 60.3 cm³/mol.